The molecule has 4 aromatic rings. The number of hydrogen-bond acceptors (Lipinski definition) is 5. The van der Waals surface area contributed by atoms with E-state index < -0.39 is 17.9 Å². The number of nitrogens with one attached hydrogen (secondary N) is 1. The van der Waals surface area contributed by atoms with Gasteiger partial charge >= 0.3 is 5.97 Å². The molecule has 7 nitrogen and oxygen atoms in total. The van der Waals surface area contributed by atoms with Gasteiger partial charge in [-0.1, -0.05) is 41.6 Å². The number of nitrogens with zero attached hydrogens (tertiary/aromatic N) is 1. The Balaban J connectivity index is 1.64. The van der Waals surface area contributed by atoms with Gasteiger partial charge in [0.15, 0.2) is 11.3 Å². The molecule has 1 aromatic heterocycles. The zero-order valence-corrected chi connectivity index (χ0v) is 15.6. The molecule has 0 unspecified atom stereocenters. The van der Waals surface area contributed by atoms with Crippen LogP contribution in [0, 0.1) is 0 Å². The van der Waals surface area contributed by atoms with Gasteiger partial charge in [0.1, 0.15) is 11.8 Å². The third-order valence-corrected chi connectivity index (χ3v) is 4.76. The van der Waals surface area contributed by atoms with Gasteiger partial charge < -0.3 is 19.7 Å². The van der Waals surface area contributed by atoms with E-state index >= 15 is 0 Å². The Labute approximate surface area is 165 Å². The number of fused-ring (bicyclic) bond motifs is 3. The fourth-order valence-electron chi connectivity index (χ4n) is 3.27. The molecule has 0 saturated carbocycles. The minimum Gasteiger partial charge on any atom is -0.497 e. The standard InChI is InChI=1S/C22H18N2O5/c1-28-15-8-10-16-14(12-15)7-9-17-19(24-29-20(16)17)21(25)23-18(22(26)27)11-13-5-3-2-4-6-13/h2-10,12,18H,11H2,1H3,(H,23,25)(H,26,27)/t18-/m0/s1. The Hall–Kier alpha value is -3.87. The molecule has 1 atom stereocenters. The van der Waals surface area contributed by atoms with Crippen molar-refractivity contribution in [1.29, 1.82) is 0 Å². The zero-order valence-electron chi connectivity index (χ0n) is 15.6. The van der Waals surface area contributed by atoms with E-state index in [-0.39, 0.29) is 12.1 Å². The normalized spacial score (nSPS) is 12.0. The number of benzene rings is 3. The zero-order chi connectivity index (χ0) is 20.4. The van der Waals surface area contributed by atoms with Gasteiger partial charge in [-0.25, -0.2) is 4.79 Å². The molecular formula is C22H18N2O5. The number of carbonyl (C=O) groups excluding carboxylic acids is 1. The quantitative estimate of drug-likeness (QED) is 0.523. The summed E-state index contributed by atoms with van der Waals surface area (Å²) in [5.41, 5.74) is 1.33. The molecule has 0 aliphatic heterocycles. The molecular weight excluding hydrogens is 372 g/mol. The highest BCUT2D eigenvalue weighted by molar-refractivity contribution is 6.12. The van der Waals surface area contributed by atoms with Crippen LogP contribution in [-0.2, 0) is 11.2 Å². The number of carbonyl (C=O) groups is 2. The van der Waals surface area contributed by atoms with Gasteiger partial charge in [0.05, 0.1) is 12.5 Å². The minimum atomic E-state index is -1.12. The minimum absolute atomic E-state index is 0.0528. The third kappa shape index (κ3) is 3.62. The molecule has 0 fully saturated rings. The van der Waals surface area contributed by atoms with Crippen molar-refractivity contribution in [2.75, 3.05) is 7.11 Å². The lowest BCUT2D eigenvalue weighted by atomic mass is 10.0. The van der Waals surface area contributed by atoms with Gasteiger partial charge in [0.2, 0.25) is 0 Å². The van der Waals surface area contributed by atoms with Gasteiger partial charge in [-0.15, -0.1) is 0 Å². The van der Waals surface area contributed by atoms with Crippen LogP contribution in [0.25, 0.3) is 21.7 Å². The maximum absolute atomic E-state index is 12.7. The van der Waals surface area contributed by atoms with E-state index in [4.69, 9.17) is 9.26 Å². The van der Waals surface area contributed by atoms with Gasteiger partial charge in [0, 0.05) is 11.8 Å². The lowest BCUT2D eigenvalue weighted by Gasteiger charge is -2.13. The van der Waals surface area contributed by atoms with Crippen LogP contribution < -0.4 is 10.1 Å². The molecule has 29 heavy (non-hydrogen) atoms. The fraction of sp³-hybridized carbons (Fsp3) is 0.136. The second-order valence-corrected chi connectivity index (χ2v) is 6.61. The van der Waals surface area contributed by atoms with Crippen molar-refractivity contribution in [3.63, 3.8) is 0 Å². The number of amides is 1. The Morgan fingerprint density at radius 3 is 2.59 bits per heavy atom. The number of carboxylic acids is 1. The van der Waals surface area contributed by atoms with E-state index in [1.54, 1.807) is 19.2 Å². The maximum atomic E-state index is 12.7. The topological polar surface area (TPSA) is 102 Å². The first-order chi connectivity index (χ1) is 14.1. The number of ether oxygens (including phenoxy) is 1. The van der Waals surface area contributed by atoms with Gasteiger partial charge in [-0.3, -0.25) is 4.79 Å². The van der Waals surface area contributed by atoms with E-state index in [1.807, 2.05) is 48.5 Å². The molecule has 0 radical (unpaired) electrons. The highest BCUT2D eigenvalue weighted by Crippen LogP contribution is 2.30. The molecule has 0 aliphatic rings. The van der Waals surface area contributed by atoms with Crippen molar-refractivity contribution in [3.05, 3.63) is 71.9 Å². The summed E-state index contributed by atoms with van der Waals surface area (Å²) in [5, 5.41) is 18.1. The Morgan fingerprint density at radius 1 is 1.10 bits per heavy atom. The average Bonchev–Trinajstić information content (AvgIpc) is 3.18. The highest BCUT2D eigenvalue weighted by Gasteiger charge is 2.25. The van der Waals surface area contributed by atoms with E-state index in [0.717, 1.165) is 16.3 Å². The molecule has 0 saturated heterocycles. The lowest BCUT2D eigenvalue weighted by Crippen LogP contribution is -2.42. The summed E-state index contributed by atoms with van der Waals surface area (Å²) in [6.45, 7) is 0. The first kappa shape index (κ1) is 18.5. The van der Waals surface area contributed by atoms with E-state index in [0.29, 0.717) is 16.7 Å². The predicted molar refractivity (Wildman–Crippen MR) is 107 cm³/mol. The molecule has 1 heterocycles. The van der Waals surface area contributed by atoms with E-state index in [2.05, 4.69) is 10.5 Å². The molecule has 7 heteroatoms. The lowest BCUT2D eigenvalue weighted by molar-refractivity contribution is -0.139. The van der Waals surface area contributed by atoms with Crippen LogP contribution in [0.4, 0.5) is 0 Å². The number of aromatic nitrogens is 1. The highest BCUT2D eigenvalue weighted by atomic mass is 16.5. The summed E-state index contributed by atoms with van der Waals surface area (Å²) in [7, 11) is 1.59. The smallest absolute Gasteiger partial charge is 0.326 e. The first-order valence-electron chi connectivity index (χ1n) is 9.00. The summed E-state index contributed by atoms with van der Waals surface area (Å²) in [6.07, 6.45) is 0.167. The van der Waals surface area contributed by atoms with Gasteiger partial charge in [-0.05, 0) is 35.2 Å². The van der Waals surface area contributed by atoms with Crippen molar-refractivity contribution in [2.24, 2.45) is 0 Å². The number of rotatable bonds is 6. The third-order valence-electron chi connectivity index (χ3n) is 4.76. The first-order valence-corrected chi connectivity index (χ1v) is 9.00. The average molecular weight is 390 g/mol. The Bertz CT molecular complexity index is 1200. The van der Waals surface area contributed by atoms with Crippen LogP contribution in [0.15, 0.2) is 65.2 Å². The molecule has 0 spiro atoms. The van der Waals surface area contributed by atoms with Crippen LogP contribution in [0.1, 0.15) is 16.1 Å². The molecule has 2 N–H and O–H groups in total. The maximum Gasteiger partial charge on any atom is 0.326 e. The summed E-state index contributed by atoms with van der Waals surface area (Å²) in [6, 6.07) is 17.1. The fourth-order valence-corrected chi connectivity index (χ4v) is 3.27. The summed E-state index contributed by atoms with van der Waals surface area (Å²) < 4.78 is 10.6. The number of methoxy groups -OCH3 is 1. The monoisotopic (exact) mass is 390 g/mol. The number of aliphatic carboxylic acids is 1. The molecule has 1 amide bonds. The van der Waals surface area contributed by atoms with Crippen LogP contribution in [-0.4, -0.2) is 35.3 Å². The molecule has 0 bridgehead atoms. The molecule has 4 rings (SSSR count). The van der Waals surface area contributed by atoms with Crippen molar-refractivity contribution in [2.45, 2.75) is 12.5 Å². The van der Waals surface area contributed by atoms with Crippen molar-refractivity contribution >= 4 is 33.6 Å². The number of carboxylic acid groups (broad SMARTS) is 1. The largest absolute Gasteiger partial charge is 0.497 e. The van der Waals surface area contributed by atoms with Crippen LogP contribution in [0.2, 0.25) is 0 Å². The summed E-state index contributed by atoms with van der Waals surface area (Å²) in [4.78, 5) is 24.4. The summed E-state index contributed by atoms with van der Waals surface area (Å²) in [5.74, 6) is -1.01. The SMILES string of the molecule is COc1ccc2c(ccc3c(C(=O)N[C@@H](Cc4ccccc4)C(=O)O)noc32)c1. The van der Waals surface area contributed by atoms with Crippen LogP contribution >= 0.6 is 0 Å². The van der Waals surface area contributed by atoms with E-state index in [9.17, 15) is 14.7 Å². The summed E-state index contributed by atoms with van der Waals surface area (Å²) >= 11 is 0. The second-order valence-electron chi connectivity index (χ2n) is 6.61. The number of hydrogen-bond donors (Lipinski definition) is 2. The second kappa shape index (κ2) is 7.63. The Kier molecular flexibility index (Phi) is 4.87. The van der Waals surface area contributed by atoms with Crippen molar-refractivity contribution in [1.82, 2.24) is 10.5 Å². The van der Waals surface area contributed by atoms with Crippen LogP contribution in [0.5, 0.6) is 5.75 Å². The van der Waals surface area contributed by atoms with E-state index in [1.165, 1.54) is 0 Å². The van der Waals surface area contributed by atoms with Gasteiger partial charge in [-0.2, -0.15) is 0 Å². The predicted octanol–water partition coefficient (Wildman–Crippen LogP) is 3.42. The molecule has 3 aromatic carbocycles. The van der Waals surface area contributed by atoms with Gasteiger partial charge in [0.25, 0.3) is 5.91 Å². The van der Waals surface area contributed by atoms with Crippen molar-refractivity contribution < 1.29 is 24.0 Å². The molecule has 0 aliphatic carbocycles. The van der Waals surface area contributed by atoms with Crippen LogP contribution in [0.3, 0.4) is 0 Å². The Morgan fingerprint density at radius 2 is 1.86 bits per heavy atom. The van der Waals surface area contributed by atoms with Crippen molar-refractivity contribution in [3.8, 4) is 5.75 Å². The molecule has 146 valence electrons.